The normalized spacial score (nSPS) is 15.3. The standard InChI is InChI=1S/C32H28N2O2/c35-32(28-14-13-25-10-4-5-11-27(25)22-28)34-21-7-20-33-19-6-12-30(33)31(34)26-15-17-29(18-16-26)36-23-24-8-2-1-3-9-24/h1-6,8-19,22,31H,7,20-21,23H2. The number of carbonyl (C=O) groups is 1. The number of fused-ring (bicyclic) bond motifs is 2. The van der Waals surface area contributed by atoms with Crippen molar-refractivity contribution < 1.29 is 9.53 Å². The van der Waals surface area contributed by atoms with E-state index in [0.717, 1.165) is 51.9 Å². The molecule has 4 aromatic carbocycles. The zero-order chi connectivity index (χ0) is 24.3. The van der Waals surface area contributed by atoms with Gasteiger partial charge in [-0.15, -0.1) is 0 Å². The molecular formula is C32H28N2O2. The zero-order valence-electron chi connectivity index (χ0n) is 20.1. The third-order valence-electron chi connectivity index (χ3n) is 6.96. The summed E-state index contributed by atoms with van der Waals surface area (Å²) < 4.78 is 8.29. The number of aromatic nitrogens is 1. The van der Waals surface area contributed by atoms with Crippen molar-refractivity contribution in [2.75, 3.05) is 6.54 Å². The van der Waals surface area contributed by atoms with Crippen LogP contribution in [0.25, 0.3) is 10.8 Å². The highest BCUT2D eigenvalue weighted by Crippen LogP contribution is 2.34. The van der Waals surface area contributed by atoms with E-state index in [4.69, 9.17) is 4.74 Å². The first-order chi connectivity index (χ1) is 17.8. The molecule has 6 rings (SSSR count). The lowest BCUT2D eigenvalue weighted by Gasteiger charge is -2.31. The molecule has 1 aliphatic heterocycles. The van der Waals surface area contributed by atoms with Crippen LogP contribution in [-0.4, -0.2) is 21.9 Å². The lowest BCUT2D eigenvalue weighted by Crippen LogP contribution is -2.35. The monoisotopic (exact) mass is 472 g/mol. The van der Waals surface area contributed by atoms with Crippen molar-refractivity contribution in [3.8, 4) is 5.75 Å². The Labute approximate surface area is 211 Å². The molecule has 0 radical (unpaired) electrons. The van der Waals surface area contributed by atoms with Crippen LogP contribution in [0, 0.1) is 0 Å². The van der Waals surface area contributed by atoms with Crippen molar-refractivity contribution in [2.45, 2.75) is 25.6 Å². The Balaban J connectivity index is 1.31. The first kappa shape index (κ1) is 22.2. The number of hydrogen-bond acceptors (Lipinski definition) is 2. The van der Waals surface area contributed by atoms with Gasteiger partial charge in [-0.1, -0.05) is 72.8 Å². The summed E-state index contributed by atoms with van der Waals surface area (Å²) in [5, 5.41) is 2.22. The second-order valence-electron chi connectivity index (χ2n) is 9.29. The molecule has 2 heterocycles. The van der Waals surface area contributed by atoms with E-state index in [0.29, 0.717) is 13.2 Å². The van der Waals surface area contributed by atoms with Crippen LogP contribution in [0.2, 0.25) is 0 Å². The number of nitrogens with zero attached hydrogens (tertiary/aromatic N) is 2. The molecule has 1 atom stereocenters. The Hall–Kier alpha value is -4.31. The number of ether oxygens (including phenoxy) is 1. The Morgan fingerprint density at radius 1 is 0.778 bits per heavy atom. The molecule has 0 fully saturated rings. The van der Waals surface area contributed by atoms with E-state index in [9.17, 15) is 4.79 Å². The molecule has 36 heavy (non-hydrogen) atoms. The fraction of sp³-hybridized carbons (Fsp3) is 0.156. The molecule has 1 amide bonds. The fourth-order valence-electron chi connectivity index (χ4n) is 5.12. The van der Waals surface area contributed by atoms with Crippen LogP contribution in [0.4, 0.5) is 0 Å². The maximum absolute atomic E-state index is 13.9. The molecule has 0 bridgehead atoms. The van der Waals surface area contributed by atoms with E-state index in [1.807, 2.05) is 65.6 Å². The Morgan fingerprint density at radius 3 is 2.39 bits per heavy atom. The summed E-state index contributed by atoms with van der Waals surface area (Å²) in [5.74, 6) is 0.879. The zero-order valence-corrected chi connectivity index (χ0v) is 20.1. The molecule has 4 nitrogen and oxygen atoms in total. The number of carbonyl (C=O) groups excluding carboxylic acids is 1. The summed E-state index contributed by atoms with van der Waals surface area (Å²) in [6.45, 7) is 2.13. The molecule has 0 spiro atoms. The van der Waals surface area contributed by atoms with Gasteiger partial charge in [-0.3, -0.25) is 4.79 Å². The van der Waals surface area contributed by atoms with Gasteiger partial charge in [0.2, 0.25) is 0 Å². The van der Waals surface area contributed by atoms with E-state index in [1.54, 1.807) is 0 Å². The van der Waals surface area contributed by atoms with E-state index >= 15 is 0 Å². The van der Waals surface area contributed by atoms with Crippen LogP contribution >= 0.6 is 0 Å². The predicted molar refractivity (Wildman–Crippen MR) is 143 cm³/mol. The average Bonchev–Trinajstić information content (AvgIpc) is 3.32. The van der Waals surface area contributed by atoms with Gasteiger partial charge in [-0.25, -0.2) is 0 Å². The smallest absolute Gasteiger partial charge is 0.254 e. The van der Waals surface area contributed by atoms with Gasteiger partial charge in [0, 0.05) is 30.5 Å². The van der Waals surface area contributed by atoms with Crippen molar-refractivity contribution in [2.24, 2.45) is 0 Å². The third-order valence-corrected chi connectivity index (χ3v) is 6.96. The van der Waals surface area contributed by atoms with Crippen molar-refractivity contribution in [1.82, 2.24) is 9.47 Å². The fourth-order valence-corrected chi connectivity index (χ4v) is 5.12. The summed E-state index contributed by atoms with van der Waals surface area (Å²) in [4.78, 5) is 16.0. The van der Waals surface area contributed by atoms with Crippen LogP contribution in [-0.2, 0) is 13.2 Å². The summed E-state index contributed by atoms with van der Waals surface area (Å²) in [7, 11) is 0. The number of aryl methyl sites for hydroxylation is 1. The van der Waals surface area contributed by atoms with Gasteiger partial charge in [0.15, 0.2) is 0 Å². The van der Waals surface area contributed by atoms with Crippen LogP contribution in [0.5, 0.6) is 5.75 Å². The van der Waals surface area contributed by atoms with Gasteiger partial charge in [0.05, 0.1) is 6.04 Å². The Bertz CT molecular complexity index is 1490. The minimum atomic E-state index is -0.162. The highest BCUT2D eigenvalue weighted by Gasteiger charge is 2.31. The summed E-state index contributed by atoms with van der Waals surface area (Å²) in [6.07, 6.45) is 3.03. The van der Waals surface area contributed by atoms with Gasteiger partial charge in [-0.2, -0.15) is 0 Å². The summed E-state index contributed by atoms with van der Waals surface area (Å²) >= 11 is 0. The second kappa shape index (κ2) is 9.74. The third kappa shape index (κ3) is 4.38. The van der Waals surface area contributed by atoms with Gasteiger partial charge in [0.1, 0.15) is 12.4 Å². The van der Waals surface area contributed by atoms with E-state index in [1.165, 1.54) is 0 Å². The highest BCUT2D eigenvalue weighted by molar-refractivity contribution is 5.99. The van der Waals surface area contributed by atoms with Gasteiger partial charge >= 0.3 is 0 Å². The first-order valence-corrected chi connectivity index (χ1v) is 12.5. The molecule has 0 N–H and O–H groups in total. The Kier molecular flexibility index (Phi) is 6.00. The average molecular weight is 473 g/mol. The van der Waals surface area contributed by atoms with Crippen molar-refractivity contribution in [3.05, 3.63) is 138 Å². The lowest BCUT2D eigenvalue weighted by atomic mass is 9.99. The van der Waals surface area contributed by atoms with Gasteiger partial charge < -0.3 is 14.2 Å². The van der Waals surface area contributed by atoms with Gasteiger partial charge in [-0.05, 0) is 64.7 Å². The molecule has 1 aliphatic rings. The Morgan fingerprint density at radius 2 is 1.56 bits per heavy atom. The summed E-state index contributed by atoms with van der Waals surface area (Å²) in [5.41, 5.74) is 4.08. The molecule has 0 aliphatic carbocycles. The molecule has 0 saturated heterocycles. The van der Waals surface area contributed by atoms with Crippen LogP contribution in [0.1, 0.15) is 39.6 Å². The quantitative estimate of drug-likeness (QED) is 0.280. The van der Waals surface area contributed by atoms with Crippen LogP contribution < -0.4 is 4.74 Å². The molecular weight excluding hydrogens is 444 g/mol. The number of amides is 1. The van der Waals surface area contributed by atoms with E-state index in [2.05, 4.69) is 59.3 Å². The number of hydrogen-bond donors (Lipinski definition) is 0. The molecule has 4 heteroatoms. The van der Waals surface area contributed by atoms with Crippen LogP contribution in [0.15, 0.2) is 115 Å². The minimum Gasteiger partial charge on any atom is -0.489 e. The number of rotatable bonds is 5. The predicted octanol–water partition coefficient (Wildman–Crippen LogP) is 6.86. The number of benzene rings is 4. The minimum absolute atomic E-state index is 0.0600. The van der Waals surface area contributed by atoms with E-state index in [-0.39, 0.29) is 11.9 Å². The first-order valence-electron chi connectivity index (χ1n) is 12.5. The molecule has 178 valence electrons. The lowest BCUT2D eigenvalue weighted by molar-refractivity contribution is 0.0709. The van der Waals surface area contributed by atoms with Crippen LogP contribution in [0.3, 0.4) is 0 Å². The van der Waals surface area contributed by atoms with Crippen molar-refractivity contribution >= 4 is 16.7 Å². The topological polar surface area (TPSA) is 34.5 Å². The maximum atomic E-state index is 13.9. The molecule has 0 saturated carbocycles. The van der Waals surface area contributed by atoms with E-state index < -0.39 is 0 Å². The van der Waals surface area contributed by atoms with Crippen molar-refractivity contribution in [1.29, 1.82) is 0 Å². The molecule has 1 aromatic heterocycles. The highest BCUT2D eigenvalue weighted by atomic mass is 16.5. The van der Waals surface area contributed by atoms with Gasteiger partial charge in [0.25, 0.3) is 5.91 Å². The molecule has 5 aromatic rings. The second-order valence-corrected chi connectivity index (χ2v) is 9.29. The van der Waals surface area contributed by atoms with Crippen molar-refractivity contribution in [3.63, 3.8) is 0 Å². The maximum Gasteiger partial charge on any atom is 0.254 e. The SMILES string of the molecule is O=C(c1ccc2ccccc2c1)N1CCCn2cccc2C1c1ccc(OCc2ccccc2)cc1. The summed E-state index contributed by atoms with van der Waals surface area (Å²) in [6, 6.07) is 36.6. The molecule has 1 unspecified atom stereocenters. The largest absolute Gasteiger partial charge is 0.489 e.